The fourth-order valence-corrected chi connectivity index (χ4v) is 2.55. The summed E-state index contributed by atoms with van der Waals surface area (Å²) in [5.74, 6) is 3.12. The molecule has 2 rings (SSSR count). The molecule has 1 aliphatic rings. The zero-order valence-corrected chi connectivity index (χ0v) is 11.7. The molecule has 0 bridgehead atoms. The standard InChI is InChI=1S/C14H21N5/c1-3-16-13-9-14(18-11(2)17-13)19-8-4-5-12(10-19)6-7-15/h9,12H,3-6,8,10H2,1-2H3,(H,16,17,18). The van der Waals surface area contributed by atoms with E-state index in [-0.39, 0.29) is 0 Å². The van der Waals surface area contributed by atoms with Crippen LogP contribution in [0.2, 0.25) is 0 Å². The lowest BCUT2D eigenvalue weighted by Crippen LogP contribution is -2.36. The number of nitrogens with zero attached hydrogens (tertiary/aromatic N) is 4. The van der Waals surface area contributed by atoms with Crippen LogP contribution in [0.3, 0.4) is 0 Å². The molecular formula is C14H21N5. The summed E-state index contributed by atoms with van der Waals surface area (Å²) in [6, 6.07) is 4.29. The molecule has 5 nitrogen and oxygen atoms in total. The van der Waals surface area contributed by atoms with Gasteiger partial charge in [-0.2, -0.15) is 5.26 Å². The maximum Gasteiger partial charge on any atom is 0.134 e. The van der Waals surface area contributed by atoms with Gasteiger partial charge in [0.2, 0.25) is 0 Å². The van der Waals surface area contributed by atoms with E-state index in [1.165, 1.54) is 0 Å². The molecule has 0 amide bonds. The van der Waals surface area contributed by atoms with E-state index in [9.17, 15) is 0 Å². The van der Waals surface area contributed by atoms with Gasteiger partial charge in [0.15, 0.2) is 0 Å². The van der Waals surface area contributed by atoms with Crippen LogP contribution in [0.5, 0.6) is 0 Å². The molecular weight excluding hydrogens is 238 g/mol. The van der Waals surface area contributed by atoms with E-state index in [1.807, 2.05) is 13.0 Å². The second-order valence-electron chi connectivity index (χ2n) is 5.01. The highest BCUT2D eigenvalue weighted by atomic mass is 15.2. The molecule has 1 N–H and O–H groups in total. The predicted molar refractivity (Wildman–Crippen MR) is 76.1 cm³/mol. The van der Waals surface area contributed by atoms with Gasteiger partial charge in [-0.05, 0) is 32.6 Å². The number of nitrogens with one attached hydrogen (secondary N) is 1. The van der Waals surface area contributed by atoms with Gasteiger partial charge in [-0.25, -0.2) is 9.97 Å². The minimum absolute atomic E-state index is 0.469. The first-order chi connectivity index (χ1) is 9.22. The second kappa shape index (κ2) is 6.37. The first-order valence-electron chi connectivity index (χ1n) is 6.94. The highest BCUT2D eigenvalue weighted by Crippen LogP contribution is 2.24. The largest absolute Gasteiger partial charge is 0.370 e. The molecule has 19 heavy (non-hydrogen) atoms. The Hall–Kier alpha value is -1.83. The summed E-state index contributed by atoms with van der Waals surface area (Å²) in [6.45, 7) is 6.77. The number of piperidine rings is 1. The normalized spacial score (nSPS) is 19.0. The molecule has 1 fully saturated rings. The Kier molecular flexibility index (Phi) is 4.56. The summed E-state index contributed by atoms with van der Waals surface area (Å²) in [4.78, 5) is 11.2. The van der Waals surface area contributed by atoms with Crippen LogP contribution in [0.4, 0.5) is 11.6 Å². The van der Waals surface area contributed by atoms with Crippen molar-refractivity contribution in [2.45, 2.75) is 33.1 Å². The number of aromatic nitrogens is 2. The Morgan fingerprint density at radius 2 is 2.37 bits per heavy atom. The molecule has 0 aromatic carbocycles. The van der Waals surface area contributed by atoms with Crippen molar-refractivity contribution in [2.24, 2.45) is 5.92 Å². The molecule has 0 saturated carbocycles. The van der Waals surface area contributed by atoms with Gasteiger partial charge in [0, 0.05) is 32.1 Å². The van der Waals surface area contributed by atoms with E-state index in [4.69, 9.17) is 5.26 Å². The van der Waals surface area contributed by atoms with Crippen molar-refractivity contribution < 1.29 is 0 Å². The zero-order valence-electron chi connectivity index (χ0n) is 11.7. The molecule has 102 valence electrons. The van der Waals surface area contributed by atoms with Crippen LogP contribution in [-0.2, 0) is 0 Å². The van der Waals surface area contributed by atoms with Crippen LogP contribution in [0, 0.1) is 24.2 Å². The van der Waals surface area contributed by atoms with Gasteiger partial charge in [0.25, 0.3) is 0 Å². The minimum Gasteiger partial charge on any atom is -0.370 e. The Morgan fingerprint density at radius 1 is 1.53 bits per heavy atom. The van der Waals surface area contributed by atoms with Crippen molar-refractivity contribution in [1.29, 1.82) is 5.26 Å². The van der Waals surface area contributed by atoms with E-state index in [0.29, 0.717) is 12.3 Å². The van der Waals surface area contributed by atoms with E-state index < -0.39 is 0 Å². The molecule has 1 atom stereocenters. The van der Waals surface area contributed by atoms with Gasteiger partial charge in [0.1, 0.15) is 17.5 Å². The number of anilines is 2. The van der Waals surface area contributed by atoms with Crippen molar-refractivity contribution in [3.8, 4) is 6.07 Å². The molecule has 1 unspecified atom stereocenters. The molecule has 1 aliphatic heterocycles. The van der Waals surface area contributed by atoms with Crippen LogP contribution in [-0.4, -0.2) is 29.6 Å². The maximum atomic E-state index is 8.83. The first-order valence-corrected chi connectivity index (χ1v) is 6.94. The highest BCUT2D eigenvalue weighted by molar-refractivity contribution is 5.49. The first kappa shape index (κ1) is 13.6. The number of nitriles is 1. The third-order valence-electron chi connectivity index (χ3n) is 3.41. The maximum absolute atomic E-state index is 8.83. The molecule has 0 aliphatic carbocycles. The molecule has 5 heteroatoms. The predicted octanol–water partition coefficient (Wildman–Crippen LogP) is 2.35. The van der Waals surface area contributed by atoms with Crippen LogP contribution in [0.15, 0.2) is 6.07 Å². The Bertz CT molecular complexity index is 465. The van der Waals surface area contributed by atoms with Crippen molar-refractivity contribution in [3.05, 3.63) is 11.9 Å². The quantitative estimate of drug-likeness (QED) is 0.899. The van der Waals surface area contributed by atoms with Crippen molar-refractivity contribution in [1.82, 2.24) is 9.97 Å². The summed E-state index contributed by atoms with van der Waals surface area (Å²) >= 11 is 0. The smallest absolute Gasteiger partial charge is 0.134 e. The van der Waals surface area contributed by atoms with E-state index in [2.05, 4.69) is 33.2 Å². The van der Waals surface area contributed by atoms with Gasteiger partial charge in [0.05, 0.1) is 6.07 Å². The van der Waals surface area contributed by atoms with Gasteiger partial charge >= 0.3 is 0 Å². The highest BCUT2D eigenvalue weighted by Gasteiger charge is 2.21. The van der Waals surface area contributed by atoms with E-state index in [0.717, 1.165) is 49.9 Å². The molecule has 0 spiro atoms. The molecule has 2 heterocycles. The third-order valence-corrected chi connectivity index (χ3v) is 3.41. The summed E-state index contributed by atoms with van der Waals surface area (Å²) in [6.07, 6.45) is 2.92. The second-order valence-corrected chi connectivity index (χ2v) is 5.01. The topological polar surface area (TPSA) is 64.8 Å². The summed E-state index contributed by atoms with van der Waals surface area (Å²) in [7, 11) is 0. The van der Waals surface area contributed by atoms with Crippen molar-refractivity contribution >= 4 is 11.6 Å². The number of hydrogen-bond donors (Lipinski definition) is 1. The Morgan fingerprint density at radius 3 is 3.11 bits per heavy atom. The number of hydrogen-bond acceptors (Lipinski definition) is 5. The van der Waals surface area contributed by atoms with E-state index in [1.54, 1.807) is 0 Å². The van der Waals surface area contributed by atoms with Crippen LogP contribution >= 0.6 is 0 Å². The van der Waals surface area contributed by atoms with Gasteiger partial charge < -0.3 is 10.2 Å². The lowest BCUT2D eigenvalue weighted by atomic mass is 9.95. The van der Waals surface area contributed by atoms with Crippen molar-refractivity contribution in [3.63, 3.8) is 0 Å². The summed E-state index contributed by atoms with van der Waals surface area (Å²) < 4.78 is 0. The molecule has 1 saturated heterocycles. The van der Waals surface area contributed by atoms with Crippen LogP contribution in [0.1, 0.15) is 32.0 Å². The average Bonchev–Trinajstić information content (AvgIpc) is 2.39. The fourth-order valence-electron chi connectivity index (χ4n) is 2.55. The Balaban J connectivity index is 2.14. The average molecular weight is 259 g/mol. The molecule has 1 aromatic rings. The van der Waals surface area contributed by atoms with Gasteiger partial charge in [-0.1, -0.05) is 0 Å². The SMILES string of the molecule is CCNc1cc(N2CCCC(CC#N)C2)nc(C)n1. The fraction of sp³-hybridized carbons (Fsp3) is 0.643. The van der Waals surface area contributed by atoms with Gasteiger partial charge in [-0.3, -0.25) is 0 Å². The lowest BCUT2D eigenvalue weighted by Gasteiger charge is -2.32. The van der Waals surface area contributed by atoms with E-state index >= 15 is 0 Å². The minimum atomic E-state index is 0.469. The molecule has 0 radical (unpaired) electrons. The number of rotatable bonds is 4. The Labute approximate surface area is 114 Å². The molecule has 1 aromatic heterocycles. The lowest BCUT2D eigenvalue weighted by molar-refractivity contribution is 0.420. The third kappa shape index (κ3) is 3.57. The number of aryl methyl sites for hydroxylation is 1. The van der Waals surface area contributed by atoms with Crippen LogP contribution in [0.25, 0.3) is 0 Å². The zero-order chi connectivity index (χ0) is 13.7. The summed E-state index contributed by atoms with van der Waals surface area (Å²) in [5.41, 5.74) is 0. The van der Waals surface area contributed by atoms with Crippen LogP contribution < -0.4 is 10.2 Å². The monoisotopic (exact) mass is 259 g/mol. The van der Waals surface area contributed by atoms with Gasteiger partial charge in [-0.15, -0.1) is 0 Å². The summed E-state index contributed by atoms with van der Waals surface area (Å²) in [5, 5.41) is 12.1. The van der Waals surface area contributed by atoms with Crippen molar-refractivity contribution in [2.75, 3.05) is 29.9 Å².